The molecule has 0 spiro atoms. The summed E-state index contributed by atoms with van der Waals surface area (Å²) in [5, 5.41) is 20.2. The molecule has 0 bridgehead atoms. The fraction of sp³-hybridized carbons (Fsp3) is 0.222. The first-order valence-electron chi connectivity index (χ1n) is 7.25. The molecular weight excluding hydrogens is 328 g/mol. The number of esters is 1. The number of aryl methyl sites for hydroxylation is 1. The van der Waals surface area contributed by atoms with Crippen LogP contribution in [0.2, 0.25) is 0 Å². The van der Waals surface area contributed by atoms with Gasteiger partial charge in [0, 0.05) is 6.07 Å². The van der Waals surface area contributed by atoms with E-state index in [2.05, 4.69) is 0 Å². The van der Waals surface area contributed by atoms with Crippen LogP contribution in [0.1, 0.15) is 31.8 Å². The monoisotopic (exact) mass is 346 g/mol. The minimum atomic E-state index is -0.786. The molecule has 7 heteroatoms. The summed E-state index contributed by atoms with van der Waals surface area (Å²) in [5.74, 6) is -2.05. The van der Waals surface area contributed by atoms with E-state index in [1.54, 1.807) is 6.92 Å². The number of hydrogen-bond acceptors (Lipinski definition) is 7. The van der Waals surface area contributed by atoms with Crippen LogP contribution in [0.25, 0.3) is 0 Å². The molecule has 0 atom stereocenters. The molecule has 0 aromatic heterocycles. The first-order valence-corrected chi connectivity index (χ1v) is 7.25. The lowest BCUT2D eigenvalue weighted by atomic mass is 9.95. The van der Waals surface area contributed by atoms with E-state index in [0.717, 1.165) is 0 Å². The lowest BCUT2D eigenvalue weighted by Gasteiger charge is -2.15. The van der Waals surface area contributed by atoms with Crippen LogP contribution in [0.3, 0.4) is 0 Å². The van der Waals surface area contributed by atoms with Gasteiger partial charge in [0.05, 0.1) is 32.5 Å². The number of ketones is 1. The molecule has 2 aromatic carbocycles. The zero-order valence-corrected chi connectivity index (χ0v) is 14.2. The Morgan fingerprint density at radius 3 is 1.96 bits per heavy atom. The van der Waals surface area contributed by atoms with Crippen LogP contribution >= 0.6 is 0 Å². The molecular formula is C18H18O7. The van der Waals surface area contributed by atoms with Gasteiger partial charge in [-0.25, -0.2) is 4.79 Å². The molecule has 0 saturated heterocycles. The van der Waals surface area contributed by atoms with Gasteiger partial charge in [0.25, 0.3) is 0 Å². The fourth-order valence-electron chi connectivity index (χ4n) is 2.48. The predicted molar refractivity (Wildman–Crippen MR) is 88.8 cm³/mol. The average molecular weight is 346 g/mol. The molecule has 25 heavy (non-hydrogen) atoms. The summed E-state index contributed by atoms with van der Waals surface area (Å²) >= 11 is 0. The minimum Gasteiger partial charge on any atom is -0.507 e. The molecule has 132 valence electrons. The van der Waals surface area contributed by atoms with Gasteiger partial charge in [0.15, 0.2) is 0 Å². The van der Waals surface area contributed by atoms with Crippen LogP contribution in [0.5, 0.6) is 23.0 Å². The molecule has 2 rings (SSSR count). The number of aromatic hydroxyl groups is 2. The summed E-state index contributed by atoms with van der Waals surface area (Å²) in [5.41, 5.74) is -0.0201. The number of phenols is 2. The van der Waals surface area contributed by atoms with Gasteiger partial charge in [-0.05, 0) is 30.7 Å². The topological polar surface area (TPSA) is 102 Å². The molecule has 0 unspecified atom stereocenters. The van der Waals surface area contributed by atoms with E-state index in [0.29, 0.717) is 5.56 Å². The van der Waals surface area contributed by atoms with Crippen molar-refractivity contribution < 1.29 is 34.0 Å². The number of benzene rings is 2. The van der Waals surface area contributed by atoms with Crippen molar-refractivity contribution in [2.24, 2.45) is 0 Å². The van der Waals surface area contributed by atoms with Gasteiger partial charge >= 0.3 is 5.97 Å². The van der Waals surface area contributed by atoms with Crippen LogP contribution < -0.4 is 9.47 Å². The van der Waals surface area contributed by atoms with Gasteiger partial charge in [0.2, 0.25) is 5.78 Å². The second kappa shape index (κ2) is 7.12. The maximum Gasteiger partial charge on any atom is 0.338 e. The van der Waals surface area contributed by atoms with Crippen molar-refractivity contribution in [3.8, 4) is 23.0 Å². The van der Waals surface area contributed by atoms with Crippen molar-refractivity contribution in [3.05, 3.63) is 46.5 Å². The van der Waals surface area contributed by atoms with E-state index in [1.165, 1.54) is 45.6 Å². The Labute approximate surface area is 144 Å². The Bertz CT molecular complexity index is 817. The smallest absolute Gasteiger partial charge is 0.338 e. The highest BCUT2D eigenvalue weighted by atomic mass is 16.5. The molecule has 0 amide bonds. The summed E-state index contributed by atoms with van der Waals surface area (Å²) in [6.45, 7) is 1.65. The van der Waals surface area contributed by atoms with E-state index in [9.17, 15) is 19.8 Å². The van der Waals surface area contributed by atoms with Gasteiger partial charge in [-0.2, -0.15) is 0 Å². The van der Waals surface area contributed by atoms with Crippen molar-refractivity contribution in [2.45, 2.75) is 6.92 Å². The number of phenolic OH excluding ortho intramolecular Hbond substituents is 2. The maximum absolute atomic E-state index is 13.0. The molecule has 2 N–H and O–H groups in total. The van der Waals surface area contributed by atoms with Crippen LogP contribution in [0.15, 0.2) is 24.3 Å². The van der Waals surface area contributed by atoms with Gasteiger partial charge in [0.1, 0.15) is 28.6 Å². The maximum atomic E-state index is 13.0. The largest absolute Gasteiger partial charge is 0.507 e. The lowest BCUT2D eigenvalue weighted by Crippen LogP contribution is -2.14. The Hall–Kier alpha value is -3.22. The summed E-state index contributed by atoms with van der Waals surface area (Å²) in [7, 11) is 3.89. The number of hydrogen-bond donors (Lipinski definition) is 2. The van der Waals surface area contributed by atoms with Gasteiger partial charge in [-0.1, -0.05) is 0 Å². The Morgan fingerprint density at radius 2 is 1.48 bits per heavy atom. The van der Waals surface area contributed by atoms with Crippen LogP contribution in [-0.4, -0.2) is 43.3 Å². The Kier molecular flexibility index (Phi) is 5.17. The zero-order valence-electron chi connectivity index (χ0n) is 14.2. The third kappa shape index (κ3) is 3.35. The highest BCUT2D eigenvalue weighted by Crippen LogP contribution is 2.36. The Morgan fingerprint density at radius 1 is 0.880 bits per heavy atom. The van der Waals surface area contributed by atoms with Crippen molar-refractivity contribution in [2.75, 3.05) is 21.3 Å². The van der Waals surface area contributed by atoms with E-state index in [-0.39, 0.29) is 28.2 Å². The number of methoxy groups -OCH3 is 3. The second-order valence-electron chi connectivity index (χ2n) is 5.25. The average Bonchev–Trinajstić information content (AvgIpc) is 2.58. The summed E-state index contributed by atoms with van der Waals surface area (Å²) in [4.78, 5) is 25.1. The number of carbonyl (C=O) groups excluding carboxylic acids is 2. The molecule has 0 fully saturated rings. The summed E-state index contributed by atoms with van der Waals surface area (Å²) in [6.07, 6.45) is 0. The molecule has 0 aliphatic carbocycles. The van der Waals surface area contributed by atoms with E-state index < -0.39 is 23.3 Å². The summed E-state index contributed by atoms with van der Waals surface area (Å²) < 4.78 is 15.0. The number of rotatable bonds is 5. The normalized spacial score (nSPS) is 10.2. The third-order valence-corrected chi connectivity index (χ3v) is 3.63. The van der Waals surface area contributed by atoms with E-state index in [1.807, 2.05) is 0 Å². The minimum absolute atomic E-state index is 0.0455. The fourth-order valence-corrected chi connectivity index (χ4v) is 2.48. The third-order valence-electron chi connectivity index (χ3n) is 3.63. The predicted octanol–water partition coefficient (Wildman–Crippen LogP) is 2.44. The van der Waals surface area contributed by atoms with E-state index in [4.69, 9.17) is 14.2 Å². The van der Waals surface area contributed by atoms with Crippen molar-refractivity contribution in [1.29, 1.82) is 0 Å². The molecule has 0 heterocycles. The van der Waals surface area contributed by atoms with Crippen molar-refractivity contribution >= 4 is 11.8 Å². The molecule has 2 aromatic rings. The highest BCUT2D eigenvalue weighted by molar-refractivity contribution is 6.18. The van der Waals surface area contributed by atoms with Crippen molar-refractivity contribution in [1.82, 2.24) is 0 Å². The molecule has 0 radical (unpaired) electrons. The van der Waals surface area contributed by atoms with Gasteiger partial charge in [-0.15, -0.1) is 0 Å². The summed E-state index contributed by atoms with van der Waals surface area (Å²) in [6, 6.07) is 5.41. The van der Waals surface area contributed by atoms with Gasteiger partial charge in [-0.3, -0.25) is 4.79 Å². The molecule has 0 saturated carbocycles. The van der Waals surface area contributed by atoms with Crippen LogP contribution in [0.4, 0.5) is 0 Å². The van der Waals surface area contributed by atoms with Crippen LogP contribution in [-0.2, 0) is 4.74 Å². The number of ether oxygens (including phenoxy) is 3. The van der Waals surface area contributed by atoms with Gasteiger partial charge < -0.3 is 24.4 Å². The number of carbonyl (C=O) groups is 2. The quantitative estimate of drug-likeness (QED) is 0.633. The van der Waals surface area contributed by atoms with Crippen LogP contribution in [0, 0.1) is 6.92 Å². The lowest BCUT2D eigenvalue weighted by molar-refractivity contribution is 0.0596. The first-order chi connectivity index (χ1) is 11.8. The zero-order chi connectivity index (χ0) is 18.7. The van der Waals surface area contributed by atoms with Crippen molar-refractivity contribution in [3.63, 3.8) is 0 Å². The molecule has 7 nitrogen and oxygen atoms in total. The molecule has 0 aliphatic heterocycles. The molecule has 0 aliphatic rings. The SMILES string of the molecule is COC(=O)c1cc(OC)cc(OC)c1C(=O)c1c(O)cc(C)cc1O. The Balaban J connectivity index is 2.77. The highest BCUT2D eigenvalue weighted by Gasteiger charge is 2.28. The van der Waals surface area contributed by atoms with E-state index >= 15 is 0 Å². The first kappa shape index (κ1) is 18.1. The second-order valence-corrected chi connectivity index (χ2v) is 5.25. The standard InChI is InChI=1S/C18H18O7/c1-9-5-12(19)16(13(20)6-9)17(21)15-11(18(22)25-4)7-10(23-2)8-14(15)24-3/h5-8,19-20H,1-4H3.